The van der Waals surface area contributed by atoms with Crippen molar-refractivity contribution >= 4 is 21.6 Å². The zero-order chi connectivity index (χ0) is 22.6. The molecule has 3 rings (SSSR count). The molecule has 0 aliphatic heterocycles. The third kappa shape index (κ3) is 5.73. The predicted molar refractivity (Wildman–Crippen MR) is 125 cm³/mol. The smallest absolute Gasteiger partial charge is 0.261 e. The topological polar surface area (TPSA) is 66.5 Å². The highest BCUT2D eigenvalue weighted by Gasteiger charge is 2.19. The van der Waals surface area contributed by atoms with Crippen LogP contribution in [0.3, 0.4) is 0 Å². The van der Waals surface area contributed by atoms with Crippen LogP contribution in [0.25, 0.3) is 0 Å². The van der Waals surface area contributed by atoms with E-state index in [-0.39, 0.29) is 16.2 Å². The molecule has 0 heterocycles. The number of hydrogen-bond donors (Lipinski definition) is 1. The largest absolute Gasteiger partial charge is 0.337 e. The van der Waals surface area contributed by atoms with Crippen molar-refractivity contribution in [2.45, 2.75) is 37.6 Å². The number of carbonyl (C=O) groups is 1. The van der Waals surface area contributed by atoms with E-state index in [0.717, 1.165) is 11.1 Å². The molecule has 3 aromatic rings. The van der Waals surface area contributed by atoms with Crippen LogP contribution in [0, 0.1) is 0 Å². The van der Waals surface area contributed by atoms with Gasteiger partial charge in [-0.15, -0.1) is 0 Å². The first-order chi connectivity index (χ1) is 14.6. The highest BCUT2D eigenvalue weighted by atomic mass is 32.2. The van der Waals surface area contributed by atoms with Crippen LogP contribution in [-0.4, -0.2) is 26.3 Å². The van der Waals surface area contributed by atoms with E-state index in [0.29, 0.717) is 17.8 Å². The lowest BCUT2D eigenvalue weighted by molar-refractivity contribution is 0.0785. The first-order valence-electron chi connectivity index (χ1n) is 10.1. The van der Waals surface area contributed by atoms with E-state index < -0.39 is 10.0 Å². The minimum atomic E-state index is -3.76. The number of hydrogen-bond acceptors (Lipinski definition) is 3. The second-order valence-corrected chi connectivity index (χ2v) is 10.3. The number of sulfonamides is 1. The molecule has 0 unspecified atom stereocenters. The van der Waals surface area contributed by atoms with Crippen molar-refractivity contribution in [1.82, 2.24) is 4.90 Å². The van der Waals surface area contributed by atoms with E-state index in [2.05, 4.69) is 25.5 Å². The number of carbonyl (C=O) groups excluding carboxylic acids is 1. The van der Waals surface area contributed by atoms with Crippen molar-refractivity contribution in [2.24, 2.45) is 0 Å². The number of nitrogens with one attached hydrogen (secondary N) is 1. The Morgan fingerprint density at radius 1 is 0.903 bits per heavy atom. The summed E-state index contributed by atoms with van der Waals surface area (Å²) in [7, 11) is -2.04. The molecular formula is C25H28N2O3S. The monoisotopic (exact) mass is 436 g/mol. The lowest BCUT2D eigenvalue weighted by Crippen LogP contribution is -2.26. The minimum Gasteiger partial charge on any atom is -0.337 e. The average Bonchev–Trinajstić information content (AvgIpc) is 2.73. The van der Waals surface area contributed by atoms with E-state index in [4.69, 9.17) is 0 Å². The maximum absolute atomic E-state index is 12.8. The summed E-state index contributed by atoms with van der Waals surface area (Å²) in [5.74, 6) is -0.168. The molecule has 0 bridgehead atoms. The van der Waals surface area contributed by atoms with E-state index >= 15 is 0 Å². The molecule has 0 saturated carbocycles. The molecule has 1 N–H and O–H groups in total. The van der Waals surface area contributed by atoms with E-state index in [1.54, 1.807) is 30.1 Å². The van der Waals surface area contributed by atoms with Crippen molar-refractivity contribution in [3.05, 3.63) is 95.6 Å². The Kier molecular flexibility index (Phi) is 6.51. The van der Waals surface area contributed by atoms with Crippen molar-refractivity contribution in [3.8, 4) is 0 Å². The molecule has 0 aromatic heterocycles. The normalized spacial score (nSPS) is 11.7. The lowest BCUT2D eigenvalue weighted by atomic mass is 9.87. The van der Waals surface area contributed by atoms with Crippen molar-refractivity contribution in [3.63, 3.8) is 0 Å². The van der Waals surface area contributed by atoms with Gasteiger partial charge in [-0.05, 0) is 52.9 Å². The highest BCUT2D eigenvalue weighted by Crippen LogP contribution is 2.26. The van der Waals surface area contributed by atoms with Crippen molar-refractivity contribution in [2.75, 3.05) is 11.8 Å². The van der Waals surface area contributed by atoms with Crippen molar-refractivity contribution in [1.29, 1.82) is 0 Å². The number of nitrogens with zero attached hydrogens (tertiary/aromatic N) is 1. The van der Waals surface area contributed by atoms with Gasteiger partial charge in [-0.2, -0.15) is 0 Å². The molecule has 0 atom stereocenters. The third-order valence-corrected chi connectivity index (χ3v) is 6.40. The summed E-state index contributed by atoms with van der Waals surface area (Å²) in [6, 6.07) is 23.1. The second kappa shape index (κ2) is 8.94. The molecule has 0 aliphatic carbocycles. The molecule has 3 aromatic carbocycles. The van der Waals surface area contributed by atoms with Crippen LogP contribution in [0.5, 0.6) is 0 Å². The van der Waals surface area contributed by atoms with Crippen molar-refractivity contribution < 1.29 is 13.2 Å². The van der Waals surface area contributed by atoms with Gasteiger partial charge in [0.15, 0.2) is 0 Å². The fourth-order valence-corrected chi connectivity index (χ4v) is 4.24. The van der Waals surface area contributed by atoms with Crippen LogP contribution >= 0.6 is 0 Å². The molecule has 5 nitrogen and oxygen atoms in total. The maximum atomic E-state index is 12.8. The van der Waals surface area contributed by atoms with Gasteiger partial charge < -0.3 is 4.90 Å². The van der Waals surface area contributed by atoms with Gasteiger partial charge in [-0.3, -0.25) is 9.52 Å². The predicted octanol–water partition coefficient (Wildman–Crippen LogP) is 5.06. The van der Waals surface area contributed by atoms with E-state index in [1.165, 1.54) is 12.1 Å². The van der Waals surface area contributed by atoms with Gasteiger partial charge in [0.25, 0.3) is 15.9 Å². The van der Waals surface area contributed by atoms with Crippen LogP contribution in [0.2, 0.25) is 0 Å². The first-order valence-corrected chi connectivity index (χ1v) is 11.6. The SMILES string of the molecule is CN(Cc1ccccc1)C(=O)c1ccc(S(=O)(=O)Nc2cccc(C(C)(C)C)c2)cc1. The van der Waals surface area contributed by atoms with Gasteiger partial charge in [-0.1, -0.05) is 63.2 Å². The molecule has 0 aliphatic rings. The summed E-state index contributed by atoms with van der Waals surface area (Å²) < 4.78 is 28.3. The molecule has 0 saturated heterocycles. The number of anilines is 1. The van der Waals surface area contributed by atoms with Crippen LogP contribution in [0.15, 0.2) is 83.8 Å². The Balaban J connectivity index is 1.73. The van der Waals surface area contributed by atoms with Crippen LogP contribution in [0.1, 0.15) is 42.3 Å². The maximum Gasteiger partial charge on any atom is 0.261 e. The zero-order valence-electron chi connectivity index (χ0n) is 18.3. The Labute approximate surface area is 184 Å². The summed E-state index contributed by atoms with van der Waals surface area (Å²) in [6.07, 6.45) is 0. The molecule has 31 heavy (non-hydrogen) atoms. The first kappa shape index (κ1) is 22.6. The van der Waals surface area contributed by atoms with Crippen LogP contribution in [-0.2, 0) is 22.0 Å². The Morgan fingerprint density at radius 3 is 2.16 bits per heavy atom. The molecule has 0 spiro atoms. The fraction of sp³-hybridized carbons (Fsp3) is 0.240. The van der Waals surface area contributed by atoms with Gasteiger partial charge >= 0.3 is 0 Å². The van der Waals surface area contributed by atoms with Gasteiger partial charge in [0.1, 0.15) is 0 Å². The summed E-state index contributed by atoms with van der Waals surface area (Å²) in [5, 5.41) is 0. The number of rotatable bonds is 6. The standard InChI is InChI=1S/C25H28N2O3S/c1-25(2,3)21-11-8-12-22(17-21)26-31(29,30)23-15-13-20(14-16-23)24(28)27(4)18-19-9-6-5-7-10-19/h5-17,26H,18H2,1-4H3. The molecule has 6 heteroatoms. The van der Waals surface area contributed by atoms with E-state index in [9.17, 15) is 13.2 Å². The molecule has 1 amide bonds. The quantitative estimate of drug-likeness (QED) is 0.587. The summed E-state index contributed by atoms with van der Waals surface area (Å²) in [4.78, 5) is 14.4. The highest BCUT2D eigenvalue weighted by molar-refractivity contribution is 7.92. The Morgan fingerprint density at radius 2 is 1.55 bits per heavy atom. The molecule has 0 fully saturated rings. The number of amides is 1. The third-order valence-electron chi connectivity index (χ3n) is 5.00. The van der Waals surface area contributed by atoms with Gasteiger partial charge in [-0.25, -0.2) is 8.42 Å². The summed E-state index contributed by atoms with van der Waals surface area (Å²) >= 11 is 0. The van der Waals surface area contributed by atoms with Crippen LogP contribution in [0.4, 0.5) is 5.69 Å². The molecule has 162 valence electrons. The number of benzene rings is 3. The van der Waals surface area contributed by atoms with Gasteiger partial charge in [0, 0.05) is 24.8 Å². The molecular weight excluding hydrogens is 408 g/mol. The van der Waals surface area contributed by atoms with E-state index in [1.807, 2.05) is 48.5 Å². The summed E-state index contributed by atoms with van der Waals surface area (Å²) in [5.41, 5.74) is 2.92. The van der Waals surface area contributed by atoms with Gasteiger partial charge in [0.2, 0.25) is 0 Å². The molecule has 0 radical (unpaired) electrons. The Bertz CT molecular complexity index is 1150. The second-order valence-electron chi connectivity index (χ2n) is 8.61. The zero-order valence-corrected chi connectivity index (χ0v) is 19.1. The minimum absolute atomic E-state index is 0.0881. The Hall–Kier alpha value is -3.12. The fourth-order valence-electron chi connectivity index (χ4n) is 3.19. The summed E-state index contributed by atoms with van der Waals surface area (Å²) in [6.45, 7) is 6.70. The van der Waals surface area contributed by atoms with Gasteiger partial charge in [0.05, 0.1) is 4.90 Å². The average molecular weight is 437 g/mol. The van der Waals surface area contributed by atoms with Crippen LogP contribution < -0.4 is 4.72 Å². The lowest BCUT2D eigenvalue weighted by Gasteiger charge is -2.20.